The molecule has 2 aromatic carbocycles. The van der Waals surface area contributed by atoms with Gasteiger partial charge in [0, 0.05) is 23.0 Å². The lowest BCUT2D eigenvalue weighted by Gasteiger charge is -2.13. The Morgan fingerprint density at radius 1 is 1.00 bits per heavy atom. The van der Waals surface area contributed by atoms with Crippen molar-refractivity contribution >= 4 is 34.6 Å². The summed E-state index contributed by atoms with van der Waals surface area (Å²) in [6, 6.07) is 12.5. The maximum Gasteiger partial charge on any atom is 0.257 e. The van der Waals surface area contributed by atoms with E-state index in [1.807, 2.05) is 25.1 Å². The number of halogens is 1. The minimum atomic E-state index is -0.280. The first-order valence-corrected chi connectivity index (χ1v) is 8.89. The van der Waals surface area contributed by atoms with E-state index >= 15 is 0 Å². The third-order valence-corrected chi connectivity index (χ3v) is 4.53. The summed E-state index contributed by atoms with van der Waals surface area (Å²) in [7, 11) is 3.17. The fourth-order valence-corrected chi connectivity index (χ4v) is 2.74. The van der Waals surface area contributed by atoms with Crippen LogP contribution in [0.3, 0.4) is 0 Å². The topological polar surface area (TPSA) is 72.5 Å². The van der Waals surface area contributed by atoms with Crippen LogP contribution in [0.1, 0.15) is 15.9 Å². The standard InChI is InChI=1S/C21H20ClN3O3/c1-13-4-5-15(9-18(13)22)25-21(26)14-8-16(12-23-11-14)24-19-7-6-17(27-2)10-20(19)28-3/h4-12,24H,1-3H3,(H,25,26). The van der Waals surface area contributed by atoms with E-state index in [-0.39, 0.29) is 5.91 Å². The van der Waals surface area contributed by atoms with Crippen LogP contribution in [0, 0.1) is 6.92 Å². The molecule has 1 heterocycles. The van der Waals surface area contributed by atoms with E-state index in [1.54, 1.807) is 44.7 Å². The van der Waals surface area contributed by atoms with Crippen molar-refractivity contribution in [3.8, 4) is 11.5 Å². The zero-order valence-electron chi connectivity index (χ0n) is 15.7. The second-order valence-corrected chi connectivity index (χ2v) is 6.48. The first kappa shape index (κ1) is 19.5. The molecular weight excluding hydrogens is 378 g/mol. The third-order valence-electron chi connectivity index (χ3n) is 4.12. The van der Waals surface area contributed by atoms with Crippen molar-refractivity contribution in [1.82, 2.24) is 4.98 Å². The number of amides is 1. The number of benzene rings is 2. The first-order valence-electron chi connectivity index (χ1n) is 8.52. The number of ether oxygens (including phenoxy) is 2. The van der Waals surface area contributed by atoms with E-state index in [2.05, 4.69) is 15.6 Å². The van der Waals surface area contributed by atoms with Crippen molar-refractivity contribution in [3.63, 3.8) is 0 Å². The Bertz CT molecular complexity index is 1010. The number of aromatic nitrogens is 1. The Morgan fingerprint density at radius 3 is 2.54 bits per heavy atom. The molecule has 144 valence electrons. The van der Waals surface area contributed by atoms with E-state index in [4.69, 9.17) is 21.1 Å². The Balaban J connectivity index is 1.78. The predicted octanol–water partition coefficient (Wildman–Crippen LogP) is 5.06. The number of nitrogens with zero attached hydrogens (tertiary/aromatic N) is 1. The number of hydrogen-bond donors (Lipinski definition) is 2. The van der Waals surface area contributed by atoms with Gasteiger partial charge in [-0.3, -0.25) is 9.78 Å². The number of carbonyl (C=O) groups excluding carboxylic acids is 1. The molecule has 28 heavy (non-hydrogen) atoms. The molecule has 1 aromatic heterocycles. The minimum absolute atomic E-state index is 0.280. The highest BCUT2D eigenvalue weighted by atomic mass is 35.5. The first-order chi connectivity index (χ1) is 13.5. The van der Waals surface area contributed by atoms with Gasteiger partial charge in [-0.2, -0.15) is 0 Å². The Labute approximate surface area is 168 Å². The van der Waals surface area contributed by atoms with Crippen molar-refractivity contribution < 1.29 is 14.3 Å². The number of rotatable bonds is 6. The highest BCUT2D eigenvalue weighted by molar-refractivity contribution is 6.31. The number of aryl methyl sites for hydroxylation is 1. The molecule has 3 aromatic rings. The lowest BCUT2D eigenvalue weighted by molar-refractivity contribution is 0.102. The Kier molecular flexibility index (Phi) is 6.01. The van der Waals surface area contributed by atoms with Gasteiger partial charge < -0.3 is 20.1 Å². The summed E-state index contributed by atoms with van der Waals surface area (Å²) in [5.41, 5.74) is 3.36. The van der Waals surface area contributed by atoms with E-state index in [9.17, 15) is 4.79 Å². The average Bonchev–Trinajstić information content (AvgIpc) is 2.71. The van der Waals surface area contributed by atoms with Gasteiger partial charge in [0.25, 0.3) is 5.91 Å². The van der Waals surface area contributed by atoms with Crippen molar-refractivity contribution in [2.24, 2.45) is 0 Å². The molecule has 0 atom stereocenters. The zero-order valence-corrected chi connectivity index (χ0v) is 16.5. The molecule has 7 heteroatoms. The van der Waals surface area contributed by atoms with Crippen LogP contribution in [-0.4, -0.2) is 25.1 Å². The van der Waals surface area contributed by atoms with Crippen LogP contribution in [0.25, 0.3) is 0 Å². The molecule has 0 spiro atoms. The van der Waals surface area contributed by atoms with Gasteiger partial charge in [0.05, 0.1) is 37.4 Å². The van der Waals surface area contributed by atoms with Crippen LogP contribution in [-0.2, 0) is 0 Å². The predicted molar refractivity (Wildman–Crippen MR) is 111 cm³/mol. The third kappa shape index (κ3) is 4.53. The molecule has 0 aliphatic rings. The lowest BCUT2D eigenvalue weighted by atomic mass is 10.2. The summed E-state index contributed by atoms with van der Waals surface area (Å²) >= 11 is 6.11. The monoisotopic (exact) mass is 397 g/mol. The normalized spacial score (nSPS) is 10.3. The van der Waals surface area contributed by atoms with E-state index in [1.165, 1.54) is 6.20 Å². The van der Waals surface area contributed by atoms with Crippen molar-refractivity contribution in [3.05, 3.63) is 71.0 Å². The molecule has 0 fully saturated rings. The van der Waals surface area contributed by atoms with Gasteiger partial charge in [0.15, 0.2) is 0 Å². The molecular formula is C21H20ClN3O3. The van der Waals surface area contributed by atoms with Crippen LogP contribution in [0.5, 0.6) is 11.5 Å². The molecule has 2 N–H and O–H groups in total. The summed E-state index contributed by atoms with van der Waals surface area (Å²) in [5, 5.41) is 6.62. The van der Waals surface area contributed by atoms with Crippen LogP contribution >= 0.6 is 11.6 Å². The van der Waals surface area contributed by atoms with Crippen LogP contribution in [0.15, 0.2) is 54.9 Å². The maximum atomic E-state index is 12.6. The van der Waals surface area contributed by atoms with Gasteiger partial charge in [0.1, 0.15) is 11.5 Å². The number of methoxy groups -OCH3 is 2. The number of hydrogen-bond acceptors (Lipinski definition) is 5. The number of nitrogens with one attached hydrogen (secondary N) is 2. The van der Waals surface area contributed by atoms with Crippen LogP contribution in [0.2, 0.25) is 5.02 Å². The maximum absolute atomic E-state index is 12.6. The number of anilines is 3. The number of pyridine rings is 1. The quantitative estimate of drug-likeness (QED) is 0.608. The average molecular weight is 398 g/mol. The van der Waals surface area contributed by atoms with Crippen molar-refractivity contribution in [2.75, 3.05) is 24.9 Å². The minimum Gasteiger partial charge on any atom is -0.497 e. The molecule has 6 nitrogen and oxygen atoms in total. The fraction of sp³-hybridized carbons (Fsp3) is 0.143. The summed E-state index contributed by atoms with van der Waals surface area (Å²) in [4.78, 5) is 16.7. The van der Waals surface area contributed by atoms with Gasteiger partial charge in [-0.1, -0.05) is 17.7 Å². The molecule has 0 saturated carbocycles. The van der Waals surface area contributed by atoms with Crippen molar-refractivity contribution in [1.29, 1.82) is 0 Å². The smallest absolute Gasteiger partial charge is 0.257 e. The van der Waals surface area contributed by atoms with Crippen LogP contribution < -0.4 is 20.1 Å². The molecule has 0 radical (unpaired) electrons. The van der Waals surface area contributed by atoms with Crippen molar-refractivity contribution in [2.45, 2.75) is 6.92 Å². The fourth-order valence-electron chi connectivity index (χ4n) is 2.56. The summed E-state index contributed by atoms with van der Waals surface area (Å²) < 4.78 is 10.6. The number of carbonyl (C=O) groups is 1. The zero-order chi connectivity index (χ0) is 20.1. The van der Waals surface area contributed by atoms with Crippen LogP contribution in [0.4, 0.5) is 17.1 Å². The molecule has 0 saturated heterocycles. The Hall–Kier alpha value is -3.25. The summed E-state index contributed by atoms with van der Waals surface area (Å²) in [6.45, 7) is 1.90. The second kappa shape index (κ2) is 8.63. The van der Waals surface area contributed by atoms with Gasteiger partial charge >= 0.3 is 0 Å². The molecule has 1 amide bonds. The highest BCUT2D eigenvalue weighted by Crippen LogP contribution is 2.31. The van der Waals surface area contributed by atoms with Gasteiger partial charge in [-0.05, 0) is 42.8 Å². The summed E-state index contributed by atoms with van der Waals surface area (Å²) in [6.07, 6.45) is 3.13. The van der Waals surface area contributed by atoms with E-state index in [0.29, 0.717) is 33.5 Å². The molecule has 0 unspecified atom stereocenters. The highest BCUT2D eigenvalue weighted by Gasteiger charge is 2.10. The van der Waals surface area contributed by atoms with Gasteiger partial charge in [-0.15, -0.1) is 0 Å². The SMILES string of the molecule is COc1ccc(Nc2cncc(C(=O)Nc3ccc(C)c(Cl)c3)c2)c(OC)c1. The lowest BCUT2D eigenvalue weighted by Crippen LogP contribution is -2.12. The van der Waals surface area contributed by atoms with E-state index in [0.717, 1.165) is 11.3 Å². The molecule has 0 aliphatic carbocycles. The summed E-state index contributed by atoms with van der Waals surface area (Å²) in [5.74, 6) is 1.02. The molecule has 0 bridgehead atoms. The largest absolute Gasteiger partial charge is 0.497 e. The second-order valence-electron chi connectivity index (χ2n) is 6.07. The molecule has 0 aliphatic heterocycles. The van der Waals surface area contributed by atoms with Gasteiger partial charge in [0.2, 0.25) is 0 Å². The van der Waals surface area contributed by atoms with E-state index < -0.39 is 0 Å². The molecule has 3 rings (SSSR count). The van der Waals surface area contributed by atoms with Gasteiger partial charge in [-0.25, -0.2) is 0 Å². The Morgan fingerprint density at radius 2 is 1.82 bits per heavy atom.